The average molecular weight is 365 g/mol. The molecular weight excluding hydrogens is 347 g/mol. The normalized spacial score (nSPS) is 10.5. The Morgan fingerprint density at radius 1 is 1.12 bits per heavy atom. The summed E-state index contributed by atoms with van der Waals surface area (Å²) < 4.78 is 7.56. The highest BCUT2D eigenvalue weighted by Gasteiger charge is 2.15. The van der Waals surface area contributed by atoms with Crippen LogP contribution in [0.4, 0.5) is 0 Å². The van der Waals surface area contributed by atoms with Gasteiger partial charge in [0.1, 0.15) is 12.4 Å². The van der Waals surface area contributed by atoms with E-state index in [0.717, 1.165) is 5.56 Å². The van der Waals surface area contributed by atoms with E-state index in [4.69, 9.17) is 22.1 Å². The topological polar surface area (TPSA) is 57.2 Å². The summed E-state index contributed by atoms with van der Waals surface area (Å²) in [5, 5.41) is 1.81. The lowest BCUT2D eigenvalue weighted by Gasteiger charge is -2.17. The van der Waals surface area contributed by atoms with Crippen molar-refractivity contribution in [3.63, 3.8) is 0 Å². The van der Waals surface area contributed by atoms with E-state index in [9.17, 15) is 4.79 Å². The first-order valence-corrected chi connectivity index (χ1v) is 7.67. The highest BCUT2D eigenvalue weighted by Crippen LogP contribution is 2.30. The Hall–Kier alpha value is -2.01. The SMILES string of the molecule is Cl.Cn1c(CN)c(OCc2ccccc2)c2cc(Cl)ccc2c1=O. The molecule has 0 bridgehead atoms. The predicted molar refractivity (Wildman–Crippen MR) is 100 cm³/mol. The first-order chi connectivity index (χ1) is 11.1. The molecule has 24 heavy (non-hydrogen) atoms. The molecule has 4 nitrogen and oxygen atoms in total. The lowest BCUT2D eigenvalue weighted by molar-refractivity contribution is 0.303. The van der Waals surface area contributed by atoms with Gasteiger partial charge in [-0.2, -0.15) is 0 Å². The highest BCUT2D eigenvalue weighted by molar-refractivity contribution is 6.31. The molecule has 6 heteroatoms. The fourth-order valence-electron chi connectivity index (χ4n) is 2.62. The molecule has 0 aliphatic heterocycles. The molecule has 0 spiro atoms. The van der Waals surface area contributed by atoms with E-state index in [1.54, 1.807) is 25.2 Å². The monoisotopic (exact) mass is 364 g/mol. The Bertz CT molecular complexity index is 908. The summed E-state index contributed by atoms with van der Waals surface area (Å²) in [6.07, 6.45) is 0. The lowest BCUT2D eigenvalue weighted by Crippen LogP contribution is -2.23. The van der Waals surface area contributed by atoms with Crippen LogP contribution in [-0.2, 0) is 20.2 Å². The van der Waals surface area contributed by atoms with Gasteiger partial charge in [0.15, 0.2) is 0 Å². The molecule has 126 valence electrons. The third kappa shape index (κ3) is 3.41. The van der Waals surface area contributed by atoms with Crippen molar-refractivity contribution in [1.82, 2.24) is 4.57 Å². The third-order valence-electron chi connectivity index (χ3n) is 3.85. The van der Waals surface area contributed by atoms with Gasteiger partial charge in [-0.1, -0.05) is 41.9 Å². The average Bonchev–Trinajstić information content (AvgIpc) is 2.57. The van der Waals surface area contributed by atoms with E-state index in [-0.39, 0.29) is 24.5 Å². The number of aromatic nitrogens is 1. The van der Waals surface area contributed by atoms with Crippen molar-refractivity contribution in [2.45, 2.75) is 13.2 Å². The van der Waals surface area contributed by atoms with E-state index in [1.807, 2.05) is 30.3 Å². The number of fused-ring (bicyclic) bond motifs is 1. The Kier molecular flexibility index (Phi) is 5.89. The van der Waals surface area contributed by atoms with Crippen LogP contribution in [0.25, 0.3) is 10.8 Å². The highest BCUT2D eigenvalue weighted by atomic mass is 35.5. The van der Waals surface area contributed by atoms with Crippen molar-refractivity contribution < 1.29 is 4.74 Å². The van der Waals surface area contributed by atoms with Crippen LogP contribution in [0.2, 0.25) is 5.02 Å². The van der Waals surface area contributed by atoms with E-state index >= 15 is 0 Å². The van der Waals surface area contributed by atoms with E-state index in [2.05, 4.69) is 0 Å². The Balaban J connectivity index is 0.00000208. The van der Waals surface area contributed by atoms with Gasteiger partial charge < -0.3 is 15.0 Å². The molecule has 0 saturated carbocycles. The number of nitrogens with two attached hydrogens (primary N) is 1. The molecular formula is C18H18Cl2N2O2. The maximum Gasteiger partial charge on any atom is 0.258 e. The molecule has 2 N–H and O–H groups in total. The first-order valence-electron chi connectivity index (χ1n) is 7.29. The van der Waals surface area contributed by atoms with E-state index in [0.29, 0.717) is 33.8 Å². The second-order valence-electron chi connectivity index (χ2n) is 5.31. The molecule has 0 radical (unpaired) electrons. The van der Waals surface area contributed by atoms with Crippen LogP contribution in [0.5, 0.6) is 5.75 Å². The Labute approximate surface area is 151 Å². The summed E-state index contributed by atoms with van der Waals surface area (Å²) in [6.45, 7) is 0.603. The van der Waals surface area contributed by atoms with Gasteiger partial charge in [0.25, 0.3) is 5.56 Å². The fraction of sp³-hybridized carbons (Fsp3) is 0.167. The zero-order valence-electron chi connectivity index (χ0n) is 13.2. The van der Waals surface area contributed by atoms with E-state index in [1.165, 1.54) is 4.57 Å². The summed E-state index contributed by atoms with van der Waals surface area (Å²) in [5.74, 6) is 0.607. The number of benzene rings is 2. The van der Waals surface area contributed by atoms with Gasteiger partial charge in [-0.25, -0.2) is 0 Å². The van der Waals surface area contributed by atoms with Gasteiger partial charge in [0.2, 0.25) is 0 Å². The van der Waals surface area contributed by atoms with Crippen molar-refractivity contribution in [3.05, 3.63) is 75.2 Å². The molecule has 2 aromatic carbocycles. The van der Waals surface area contributed by atoms with Gasteiger partial charge in [0, 0.05) is 24.0 Å². The summed E-state index contributed by atoms with van der Waals surface area (Å²) in [5.41, 5.74) is 7.43. The maximum atomic E-state index is 12.5. The number of hydrogen-bond acceptors (Lipinski definition) is 3. The minimum Gasteiger partial charge on any atom is -0.486 e. The maximum absolute atomic E-state index is 12.5. The smallest absolute Gasteiger partial charge is 0.258 e. The molecule has 3 rings (SSSR count). The number of hydrogen-bond donors (Lipinski definition) is 1. The molecule has 1 aromatic heterocycles. The predicted octanol–water partition coefficient (Wildman–Crippen LogP) is 3.65. The molecule has 0 aliphatic carbocycles. The summed E-state index contributed by atoms with van der Waals surface area (Å²) in [7, 11) is 1.70. The zero-order chi connectivity index (χ0) is 16.4. The van der Waals surface area contributed by atoms with Gasteiger partial charge in [0.05, 0.1) is 11.1 Å². The van der Waals surface area contributed by atoms with Gasteiger partial charge in [-0.3, -0.25) is 4.79 Å². The van der Waals surface area contributed by atoms with Gasteiger partial charge in [-0.15, -0.1) is 12.4 Å². The second kappa shape index (κ2) is 7.71. The second-order valence-corrected chi connectivity index (χ2v) is 5.74. The summed E-state index contributed by atoms with van der Waals surface area (Å²) in [4.78, 5) is 12.5. The minimum absolute atomic E-state index is 0. The van der Waals surface area contributed by atoms with E-state index < -0.39 is 0 Å². The van der Waals surface area contributed by atoms with Crippen LogP contribution in [-0.4, -0.2) is 4.57 Å². The number of ether oxygens (including phenoxy) is 1. The molecule has 0 saturated heterocycles. The van der Waals surface area contributed by atoms with Crippen molar-refractivity contribution in [3.8, 4) is 5.75 Å². The first kappa shape index (κ1) is 18.3. The molecule has 0 unspecified atom stereocenters. The van der Waals surface area contributed by atoms with Crippen LogP contribution in [0.3, 0.4) is 0 Å². The van der Waals surface area contributed by atoms with Crippen molar-refractivity contribution in [2.75, 3.05) is 0 Å². The van der Waals surface area contributed by atoms with Crippen LogP contribution in [0.1, 0.15) is 11.3 Å². The molecule has 0 aliphatic rings. The van der Waals surface area contributed by atoms with Crippen molar-refractivity contribution in [1.29, 1.82) is 0 Å². The molecule has 0 fully saturated rings. The van der Waals surface area contributed by atoms with Gasteiger partial charge in [-0.05, 0) is 23.8 Å². The summed E-state index contributed by atoms with van der Waals surface area (Å²) in [6, 6.07) is 15.0. The largest absolute Gasteiger partial charge is 0.486 e. The van der Waals surface area contributed by atoms with Crippen molar-refractivity contribution in [2.24, 2.45) is 12.8 Å². The van der Waals surface area contributed by atoms with Crippen LogP contribution in [0.15, 0.2) is 53.3 Å². The molecule has 0 atom stereocenters. The molecule has 1 heterocycles. The number of rotatable bonds is 4. The van der Waals surface area contributed by atoms with Crippen molar-refractivity contribution >= 4 is 34.8 Å². The summed E-state index contributed by atoms with van der Waals surface area (Å²) >= 11 is 6.10. The van der Waals surface area contributed by atoms with Crippen LogP contribution in [0, 0.1) is 0 Å². The Morgan fingerprint density at radius 2 is 1.83 bits per heavy atom. The molecule has 0 amide bonds. The Morgan fingerprint density at radius 3 is 2.50 bits per heavy atom. The quantitative estimate of drug-likeness (QED) is 0.768. The van der Waals surface area contributed by atoms with Crippen LogP contribution >= 0.6 is 24.0 Å². The minimum atomic E-state index is -0.107. The number of halogens is 2. The fourth-order valence-corrected chi connectivity index (χ4v) is 2.79. The lowest BCUT2D eigenvalue weighted by atomic mass is 10.1. The number of pyridine rings is 1. The zero-order valence-corrected chi connectivity index (χ0v) is 14.7. The van der Waals surface area contributed by atoms with Crippen LogP contribution < -0.4 is 16.0 Å². The standard InChI is InChI=1S/C18H17ClN2O2.ClH/c1-21-16(10-20)17(23-11-12-5-3-2-4-6-12)15-9-13(19)7-8-14(15)18(21)22;/h2-9H,10-11,20H2,1H3;1H. The third-order valence-corrected chi connectivity index (χ3v) is 4.08. The van der Waals surface area contributed by atoms with Gasteiger partial charge >= 0.3 is 0 Å². The number of nitrogens with zero attached hydrogens (tertiary/aromatic N) is 1. The molecule has 3 aromatic rings.